The minimum absolute atomic E-state index is 0.158. The summed E-state index contributed by atoms with van der Waals surface area (Å²) >= 11 is 6.25. The van der Waals surface area contributed by atoms with Gasteiger partial charge < -0.3 is 10.0 Å². The average molecular weight is 374 g/mol. The van der Waals surface area contributed by atoms with Crippen LogP contribution in [0.1, 0.15) is 63.0 Å². The number of hydrogen-bond acceptors (Lipinski definition) is 2. The lowest BCUT2D eigenvalue weighted by molar-refractivity contribution is 0.0992. The van der Waals surface area contributed by atoms with Gasteiger partial charge >= 0.3 is 0 Å². The van der Waals surface area contributed by atoms with E-state index < -0.39 is 0 Å². The molecule has 2 aromatic carbocycles. The monoisotopic (exact) mass is 373 g/mol. The molecule has 0 aromatic heterocycles. The molecule has 2 rings (SSSR count). The maximum Gasteiger partial charge on any atom is 0.258 e. The Morgan fingerprint density at radius 2 is 1.42 bits per heavy atom. The third kappa shape index (κ3) is 4.04. The number of carbonyl (C=O) groups is 1. The van der Waals surface area contributed by atoms with Gasteiger partial charge in [0.05, 0.1) is 10.7 Å². The third-order valence-corrected chi connectivity index (χ3v) is 4.81. The Labute approximate surface area is 161 Å². The molecular weight excluding hydrogens is 346 g/mol. The highest BCUT2D eigenvalue weighted by Gasteiger charge is 2.28. The van der Waals surface area contributed by atoms with Crippen LogP contribution in [0.15, 0.2) is 36.4 Å². The van der Waals surface area contributed by atoms with Gasteiger partial charge in [0, 0.05) is 23.7 Å². The Balaban J connectivity index is 2.62. The Kier molecular flexibility index (Phi) is 5.44. The van der Waals surface area contributed by atoms with Crippen molar-refractivity contribution in [3.8, 4) is 5.75 Å². The topological polar surface area (TPSA) is 40.5 Å². The van der Waals surface area contributed by atoms with Crippen molar-refractivity contribution < 1.29 is 9.90 Å². The number of benzene rings is 2. The molecule has 1 amide bonds. The molecule has 0 radical (unpaired) electrons. The standard InChI is InChI=1S/C22H28ClNO2/c1-21(2,3)15-12-14(13-16(19(15)25)22(4,5)6)20(26)24(7)18-11-9-8-10-17(18)23/h8-13,25H,1-7H3. The molecule has 0 aliphatic carbocycles. The maximum absolute atomic E-state index is 13.2. The van der Waals surface area contributed by atoms with Crippen molar-refractivity contribution in [1.29, 1.82) is 0 Å². The van der Waals surface area contributed by atoms with Crippen molar-refractivity contribution in [3.05, 3.63) is 58.1 Å². The summed E-state index contributed by atoms with van der Waals surface area (Å²) in [5.41, 5.74) is 2.15. The van der Waals surface area contributed by atoms with Crippen molar-refractivity contribution in [1.82, 2.24) is 0 Å². The van der Waals surface area contributed by atoms with Gasteiger partial charge in [-0.1, -0.05) is 65.3 Å². The average Bonchev–Trinajstić information content (AvgIpc) is 2.52. The Morgan fingerprint density at radius 1 is 0.962 bits per heavy atom. The molecule has 3 nitrogen and oxygen atoms in total. The number of phenols is 1. The minimum Gasteiger partial charge on any atom is -0.507 e. The van der Waals surface area contributed by atoms with Gasteiger partial charge in [-0.15, -0.1) is 0 Å². The maximum atomic E-state index is 13.2. The molecule has 26 heavy (non-hydrogen) atoms. The van der Waals surface area contributed by atoms with E-state index in [1.165, 1.54) is 0 Å². The molecule has 2 aromatic rings. The number of aromatic hydroxyl groups is 1. The number of para-hydroxylation sites is 1. The van der Waals surface area contributed by atoms with Crippen molar-refractivity contribution in [2.75, 3.05) is 11.9 Å². The molecule has 0 unspecified atom stereocenters. The second kappa shape index (κ2) is 6.96. The zero-order chi connectivity index (χ0) is 19.9. The van der Waals surface area contributed by atoms with E-state index in [1.807, 2.05) is 59.7 Å². The van der Waals surface area contributed by atoms with Crippen molar-refractivity contribution in [2.24, 2.45) is 0 Å². The van der Waals surface area contributed by atoms with E-state index in [-0.39, 0.29) is 22.5 Å². The highest BCUT2D eigenvalue weighted by Crippen LogP contribution is 2.40. The quantitative estimate of drug-likeness (QED) is 0.710. The van der Waals surface area contributed by atoms with Gasteiger partial charge in [0.1, 0.15) is 5.75 Å². The van der Waals surface area contributed by atoms with E-state index in [4.69, 9.17) is 11.6 Å². The largest absolute Gasteiger partial charge is 0.507 e. The third-order valence-electron chi connectivity index (χ3n) is 4.49. The predicted octanol–water partition coefficient (Wildman–Crippen LogP) is 5.92. The fourth-order valence-electron chi connectivity index (χ4n) is 2.93. The fourth-order valence-corrected chi connectivity index (χ4v) is 3.19. The molecule has 0 saturated carbocycles. The van der Waals surface area contributed by atoms with Crippen LogP contribution in [0, 0.1) is 0 Å². The predicted molar refractivity (Wildman–Crippen MR) is 110 cm³/mol. The summed E-state index contributed by atoms with van der Waals surface area (Å²) < 4.78 is 0. The summed E-state index contributed by atoms with van der Waals surface area (Å²) in [4.78, 5) is 14.7. The summed E-state index contributed by atoms with van der Waals surface area (Å²) in [7, 11) is 1.71. The summed E-state index contributed by atoms with van der Waals surface area (Å²) in [5, 5.41) is 11.3. The van der Waals surface area contributed by atoms with E-state index in [0.717, 1.165) is 11.1 Å². The molecule has 0 saturated heterocycles. The van der Waals surface area contributed by atoms with E-state index in [9.17, 15) is 9.90 Å². The highest BCUT2D eigenvalue weighted by molar-refractivity contribution is 6.34. The number of carbonyl (C=O) groups excluding carboxylic acids is 1. The van der Waals surface area contributed by atoms with Crippen LogP contribution in [0.3, 0.4) is 0 Å². The normalized spacial score (nSPS) is 12.2. The van der Waals surface area contributed by atoms with Crippen LogP contribution in [0.2, 0.25) is 5.02 Å². The van der Waals surface area contributed by atoms with Gasteiger partial charge in [0.25, 0.3) is 5.91 Å². The molecule has 1 N–H and O–H groups in total. The first-order valence-corrected chi connectivity index (χ1v) is 9.12. The van der Waals surface area contributed by atoms with E-state index in [0.29, 0.717) is 16.3 Å². The second-order valence-electron chi connectivity index (χ2n) is 8.74. The molecule has 140 valence electrons. The van der Waals surface area contributed by atoms with E-state index in [2.05, 4.69) is 0 Å². The molecule has 0 heterocycles. The summed E-state index contributed by atoms with van der Waals surface area (Å²) in [5.74, 6) is 0.107. The van der Waals surface area contributed by atoms with Gasteiger partial charge in [-0.05, 0) is 35.1 Å². The number of anilines is 1. The molecule has 4 heteroatoms. The second-order valence-corrected chi connectivity index (χ2v) is 9.14. The Morgan fingerprint density at radius 3 is 1.85 bits per heavy atom. The lowest BCUT2D eigenvalue weighted by Gasteiger charge is -2.29. The number of amides is 1. The molecular formula is C22H28ClNO2. The minimum atomic E-state index is -0.288. The fraction of sp³-hybridized carbons (Fsp3) is 0.409. The summed E-state index contributed by atoms with van der Waals surface area (Å²) in [6, 6.07) is 10.8. The van der Waals surface area contributed by atoms with Crippen LogP contribution in [-0.4, -0.2) is 18.1 Å². The molecule has 0 aliphatic heterocycles. The van der Waals surface area contributed by atoms with Crippen molar-refractivity contribution >= 4 is 23.2 Å². The van der Waals surface area contributed by atoms with Crippen molar-refractivity contribution in [2.45, 2.75) is 52.4 Å². The smallest absolute Gasteiger partial charge is 0.258 e. The first-order chi connectivity index (χ1) is 11.8. The van der Waals surface area contributed by atoms with Crippen LogP contribution in [0.25, 0.3) is 0 Å². The van der Waals surface area contributed by atoms with Gasteiger partial charge in [0.15, 0.2) is 0 Å². The van der Waals surface area contributed by atoms with Crippen molar-refractivity contribution in [3.63, 3.8) is 0 Å². The number of hydrogen-bond donors (Lipinski definition) is 1. The van der Waals surface area contributed by atoms with Gasteiger partial charge in [-0.2, -0.15) is 0 Å². The molecule has 0 atom stereocenters. The van der Waals surface area contributed by atoms with Gasteiger partial charge in [-0.25, -0.2) is 0 Å². The van der Waals surface area contributed by atoms with Crippen LogP contribution >= 0.6 is 11.6 Å². The number of rotatable bonds is 2. The summed E-state index contributed by atoms with van der Waals surface area (Å²) in [6.45, 7) is 12.2. The van der Waals surface area contributed by atoms with Crippen LogP contribution in [0.4, 0.5) is 5.69 Å². The Bertz CT molecular complexity index is 794. The molecule has 0 fully saturated rings. The van der Waals surface area contributed by atoms with Gasteiger partial charge in [-0.3, -0.25) is 4.79 Å². The lowest BCUT2D eigenvalue weighted by atomic mass is 9.78. The number of halogens is 1. The number of nitrogens with zero attached hydrogens (tertiary/aromatic N) is 1. The van der Waals surface area contributed by atoms with E-state index in [1.54, 1.807) is 30.1 Å². The molecule has 0 bridgehead atoms. The number of phenolic OH excluding ortho intramolecular Hbond substituents is 1. The van der Waals surface area contributed by atoms with Crippen LogP contribution in [-0.2, 0) is 10.8 Å². The first kappa shape index (κ1) is 20.3. The highest BCUT2D eigenvalue weighted by atomic mass is 35.5. The van der Waals surface area contributed by atoms with Crippen LogP contribution in [0.5, 0.6) is 5.75 Å². The van der Waals surface area contributed by atoms with E-state index >= 15 is 0 Å². The first-order valence-electron chi connectivity index (χ1n) is 8.74. The summed E-state index contributed by atoms with van der Waals surface area (Å²) in [6.07, 6.45) is 0. The molecule has 0 aliphatic rings. The zero-order valence-corrected chi connectivity index (χ0v) is 17.4. The van der Waals surface area contributed by atoms with Crippen LogP contribution < -0.4 is 4.90 Å². The lowest BCUT2D eigenvalue weighted by Crippen LogP contribution is -2.28. The SMILES string of the molecule is CN(C(=O)c1cc(C(C)(C)C)c(O)c(C(C)(C)C)c1)c1ccccc1Cl. The Hall–Kier alpha value is -2.00. The molecule has 0 spiro atoms. The zero-order valence-electron chi connectivity index (χ0n) is 16.6. The van der Waals surface area contributed by atoms with Gasteiger partial charge in [0.2, 0.25) is 0 Å².